The van der Waals surface area contributed by atoms with Crippen molar-refractivity contribution in [3.63, 3.8) is 0 Å². The van der Waals surface area contributed by atoms with Crippen molar-refractivity contribution in [1.29, 1.82) is 0 Å². The summed E-state index contributed by atoms with van der Waals surface area (Å²) in [4.78, 5) is 0. The van der Waals surface area contributed by atoms with E-state index in [-0.39, 0.29) is 12.0 Å². The van der Waals surface area contributed by atoms with Crippen LogP contribution in [0.5, 0.6) is 0 Å². The molecule has 3 rings (SSSR count). The summed E-state index contributed by atoms with van der Waals surface area (Å²) in [5.41, 5.74) is 0. The highest BCUT2D eigenvalue weighted by atomic mass is 35.5. The van der Waals surface area contributed by atoms with E-state index in [2.05, 4.69) is 0 Å². The predicted molar refractivity (Wildman–Crippen MR) is 43.6 cm³/mol. The number of aliphatic hydroxyl groups excluding tert-OH is 1. The van der Waals surface area contributed by atoms with Gasteiger partial charge in [0, 0.05) is 11.8 Å². The van der Waals surface area contributed by atoms with Crippen LogP contribution in [-0.4, -0.2) is 15.5 Å². The smallest absolute Gasteiger partial charge is 0.127 e. The van der Waals surface area contributed by atoms with Crippen LogP contribution >= 0.6 is 23.2 Å². The molecule has 3 fully saturated rings. The van der Waals surface area contributed by atoms with Crippen LogP contribution < -0.4 is 0 Å². The van der Waals surface area contributed by atoms with Gasteiger partial charge in [-0.1, -0.05) is 0 Å². The Morgan fingerprint density at radius 2 is 1.91 bits per heavy atom. The first kappa shape index (κ1) is 6.99. The van der Waals surface area contributed by atoms with Gasteiger partial charge in [-0.2, -0.15) is 0 Å². The third kappa shape index (κ3) is 0.726. The average molecular weight is 193 g/mol. The van der Waals surface area contributed by atoms with Gasteiger partial charge in [0.25, 0.3) is 0 Å². The van der Waals surface area contributed by atoms with Gasteiger partial charge in [-0.05, 0) is 24.7 Å². The van der Waals surface area contributed by atoms with Crippen LogP contribution in [0.15, 0.2) is 0 Å². The van der Waals surface area contributed by atoms with Crippen LogP contribution in [0.25, 0.3) is 0 Å². The molecule has 0 aromatic carbocycles. The zero-order valence-electron chi connectivity index (χ0n) is 6.00. The Bertz CT molecular complexity index is 210. The summed E-state index contributed by atoms with van der Waals surface area (Å²) < 4.78 is -0.574. The lowest BCUT2D eigenvalue weighted by Crippen LogP contribution is -2.17. The Morgan fingerprint density at radius 1 is 1.18 bits per heavy atom. The molecular formula is C8H10Cl2O. The van der Waals surface area contributed by atoms with Crippen molar-refractivity contribution < 1.29 is 5.11 Å². The van der Waals surface area contributed by atoms with Crippen LogP contribution in [0.3, 0.4) is 0 Å². The first-order valence-electron chi connectivity index (χ1n) is 4.18. The summed E-state index contributed by atoms with van der Waals surface area (Å²) in [6.45, 7) is 0. The van der Waals surface area contributed by atoms with Crippen molar-refractivity contribution in [2.45, 2.75) is 23.3 Å². The Labute approximate surface area is 75.7 Å². The maximum atomic E-state index is 9.58. The number of rotatable bonds is 0. The van der Waals surface area contributed by atoms with Gasteiger partial charge in [0.1, 0.15) is 4.33 Å². The number of hydrogen-bond acceptors (Lipinski definition) is 1. The molecule has 0 saturated heterocycles. The third-order valence-corrected chi connectivity index (χ3v) is 4.57. The average Bonchev–Trinajstić information content (AvgIpc) is 2.69. The molecule has 0 heterocycles. The maximum absolute atomic E-state index is 9.58. The van der Waals surface area contributed by atoms with Crippen LogP contribution in [0.1, 0.15) is 12.8 Å². The molecule has 0 aromatic heterocycles. The lowest BCUT2D eigenvalue weighted by atomic mass is 9.98. The van der Waals surface area contributed by atoms with E-state index in [1.807, 2.05) is 0 Å². The quantitative estimate of drug-likeness (QED) is 0.581. The second-order valence-electron chi connectivity index (χ2n) is 4.19. The lowest BCUT2D eigenvalue weighted by Gasteiger charge is -2.13. The minimum Gasteiger partial charge on any atom is -0.393 e. The van der Waals surface area contributed by atoms with Crippen LogP contribution in [-0.2, 0) is 0 Å². The van der Waals surface area contributed by atoms with Crippen LogP contribution in [0, 0.1) is 23.7 Å². The number of alkyl halides is 2. The van der Waals surface area contributed by atoms with Gasteiger partial charge < -0.3 is 5.11 Å². The molecular weight excluding hydrogens is 183 g/mol. The van der Waals surface area contributed by atoms with Gasteiger partial charge >= 0.3 is 0 Å². The summed E-state index contributed by atoms with van der Waals surface area (Å²) in [5.74, 6) is 2.10. The van der Waals surface area contributed by atoms with E-state index in [9.17, 15) is 5.11 Å². The van der Waals surface area contributed by atoms with E-state index < -0.39 is 4.33 Å². The van der Waals surface area contributed by atoms with Gasteiger partial charge in [-0.15, -0.1) is 23.2 Å². The van der Waals surface area contributed by atoms with E-state index in [1.165, 1.54) is 6.42 Å². The van der Waals surface area contributed by atoms with E-state index in [4.69, 9.17) is 23.2 Å². The summed E-state index contributed by atoms with van der Waals surface area (Å²) in [5, 5.41) is 9.58. The standard InChI is InChI=1S/C8H10Cl2O/c9-8(10)6-4-1-3(4)2-5(11)7(6)8/h3-7,11H,1-2H2. The fourth-order valence-corrected chi connectivity index (χ4v) is 3.89. The Hall–Kier alpha value is 0.540. The van der Waals surface area contributed by atoms with Crippen molar-refractivity contribution in [3.8, 4) is 0 Å². The molecule has 3 aliphatic rings. The number of halogens is 2. The van der Waals surface area contributed by atoms with Gasteiger partial charge in [0.05, 0.1) is 6.10 Å². The number of hydrogen-bond donors (Lipinski definition) is 1. The first-order chi connectivity index (χ1) is 5.12. The molecule has 1 N–H and O–H groups in total. The zero-order chi connectivity index (χ0) is 7.80. The Morgan fingerprint density at radius 3 is 2.64 bits per heavy atom. The highest BCUT2D eigenvalue weighted by Crippen LogP contribution is 2.74. The fourth-order valence-electron chi connectivity index (χ4n) is 2.86. The van der Waals surface area contributed by atoms with Crippen molar-refractivity contribution in [1.82, 2.24) is 0 Å². The molecule has 3 saturated carbocycles. The Balaban J connectivity index is 1.91. The Kier molecular flexibility index (Phi) is 1.10. The highest BCUT2D eigenvalue weighted by Gasteiger charge is 2.75. The second kappa shape index (κ2) is 1.73. The molecule has 1 nitrogen and oxygen atoms in total. The predicted octanol–water partition coefficient (Wildman–Crippen LogP) is 1.81. The van der Waals surface area contributed by atoms with Crippen molar-refractivity contribution in [3.05, 3.63) is 0 Å². The van der Waals surface area contributed by atoms with E-state index in [1.54, 1.807) is 0 Å². The molecule has 0 radical (unpaired) electrons. The lowest BCUT2D eigenvalue weighted by molar-refractivity contribution is 0.111. The van der Waals surface area contributed by atoms with Crippen LogP contribution in [0.2, 0.25) is 0 Å². The van der Waals surface area contributed by atoms with Gasteiger partial charge in [0.15, 0.2) is 0 Å². The van der Waals surface area contributed by atoms with E-state index >= 15 is 0 Å². The molecule has 0 spiro atoms. The highest BCUT2D eigenvalue weighted by molar-refractivity contribution is 6.51. The van der Waals surface area contributed by atoms with Crippen molar-refractivity contribution >= 4 is 23.2 Å². The summed E-state index contributed by atoms with van der Waals surface area (Å²) >= 11 is 12.1. The first-order valence-corrected chi connectivity index (χ1v) is 4.94. The fraction of sp³-hybridized carbons (Fsp3) is 1.00. The normalized spacial score (nSPS) is 63.0. The SMILES string of the molecule is OC1CC2CC2C2C1C2(Cl)Cl. The minimum atomic E-state index is -0.574. The van der Waals surface area contributed by atoms with Gasteiger partial charge in [-0.25, -0.2) is 0 Å². The molecule has 5 unspecified atom stereocenters. The molecule has 3 heteroatoms. The zero-order valence-corrected chi connectivity index (χ0v) is 7.52. The van der Waals surface area contributed by atoms with E-state index in [0.29, 0.717) is 5.92 Å². The molecule has 11 heavy (non-hydrogen) atoms. The molecule has 3 aliphatic carbocycles. The largest absolute Gasteiger partial charge is 0.393 e. The minimum absolute atomic E-state index is 0.189. The monoisotopic (exact) mass is 192 g/mol. The molecule has 0 aromatic rings. The summed E-state index contributed by atoms with van der Waals surface area (Å²) in [6.07, 6.45) is 1.96. The van der Waals surface area contributed by atoms with Crippen LogP contribution in [0.4, 0.5) is 0 Å². The van der Waals surface area contributed by atoms with Crippen molar-refractivity contribution in [2.24, 2.45) is 23.7 Å². The topological polar surface area (TPSA) is 20.2 Å². The number of fused-ring (bicyclic) bond motifs is 3. The summed E-state index contributed by atoms with van der Waals surface area (Å²) in [6, 6.07) is 0. The number of aliphatic hydroxyl groups is 1. The van der Waals surface area contributed by atoms with Crippen molar-refractivity contribution in [2.75, 3.05) is 0 Å². The maximum Gasteiger partial charge on any atom is 0.127 e. The summed E-state index contributed by atoms with van der Waals surface area (Å²) in [7, 11) is 0. The molecule has 0 bridgehead atoms. The molecule has 0 aliphatic heterocycles. The molecule has 5 atom stereocenters. The third-order valence-electron chi connectivity index (χ3n) is 3.56. The molecule has 0 amide bonds. The molecule has 62 valence electrons. The van der Waals surface area contributed by atoms with Gasteiger partial charge in [0.2, 0.25) is 0 Å². The van der Waals surface area contributed by atoms with Gasteiger partial charge in [-0.3, -0.25) is 0 Å². The second-order valence-corrected chi connectivity index (χ2v) is 5.63. The van der Waals surface area contributed by atoms with E-state index in [0.717, 1.165) is 18.3 Å².